The molecule has 5 rings (SSSR count). The predicted octanol–water partition coefficient (Wildman–Crippen LogP) is 9.37. The number of hydrogen-bond acceptors (Lipinski definition) is 4. The van der Waals surface area contributed by atoms with E-state index < -0.39 is 12.2 Å². The minimum absolute atomic E-state index is 0.0326. The van der Waals surface area contributed by atoms with E-state index in [0.29, 0.717) is 41.4 Å². The summed E-state index contributed by atoms with van der Waals surface area (Å²) >= 11 is 0. The fourth-order valence-electron chi connectivity index (χ4n) is 14.6. The third kappa shape index (κ3) is 6.57. The van der Waals surface area contributed by atoms with Gasteiger partial charge in [-0.15, -0.1) is 0 Å². The van der Waals surface area contributed by atoms with Crippen molar-refractivity contribution in [2.75, 3.05) is 0 Å². The summed E-state index contributed by atoms with van der Waals surface area (Å²) in [5.41, 5.74) is -0.363. The van der Waals surface area contributed by atoms with E-state index in [-0.39, 0.29) is 58.0 Å². The Morgan fingerprint density at radius 1 is 0.851 bits per heavy atom. The molecule has 17 atom stereocenters. The van der Waals surface area contributed by atoms with Crippen LogP contribution in [0.15, 0.2) is 0 Å². The molecule has 0 amide bonds. The van der Waals surface area contributed by atoms with Gasteiger partial charge in [0.05, 0.1) is 24.4 Å². The Hall–Kier alpha value is -0.160. The van der Waals surface area contributed by atoms with E-state index in [1.807, 2.05) is 6.92 Å². The average Bonchev–Trinajstić information content (AvgIpc) is 2.97. The van der Waals surface area contributed by atoms with Gasteiger partial charge in [-0.05, 0) is 134 Å². The van der Waals surface area contributed by atoms with Crippen molar-refractivity contribution < 1.29 is 20.4 Å². The Balaban J connectivity index is 1.38. The quantitative estimate of drug-likeness (QED) is 0.199. The molecule has 0 aromatic carbocycles. The summed E-state index contributed by atoms with van der Waals surface area (Å²) in [6, 6.07) is 0. The predicted molar refractivity (Wildman–Crippen MR) is 195 cm³/mol. The van der Waals surface area contributed by atoms with Crippen LogP contribution in [-0.4, -0.2) is 44.8 Å². The summed E-state index contributed by atoms with van der Waals surface area (Å²) in [6.07, 6.45) is 12.7. The number of aliphatic hydroxyl groups excluding tert-OH is 4. The number of rotatable bonds is 9. The molecule has 4 N–H and O–H groups in total. The maximum Gasteiger partial charge on any atom is 0.0656 e. The molecule has 0 heterocycles. The Labute approximate surface area is 290 Å². The summed E-state index contributed by atoms with van der Waals surface area (Å²) in [4.78, 5) is 0. The standard InChI is InChI=1S/C43H78O4/c1-24(2)32-20-31(17-18-35(45)33(25(3)4)19-30-15-13-12-14-16-30)27(6)37-34(32)22-41(9)23-42(10)21-26(5)36(29(8)44)40(47)43(42,11)28(7)38(41)39(37)46/h24-40,44-47H,12-23H2,1-11H3. The molecule has 0 aromatic heterocycles. The van der Waals surface area contributed by atoms with Crippen LogP contribution in [0.4, 0.5) is 0 Å². The van der Waals surface area contributed by atoms with Crippen molar-refractivity contribution in [1.82, 2.24) is 0 Å². The van der Waals surface area contributed by atoms with Crippen LogP contribution in [0.5, 0.6) is 0 Å². The molecule has 17 unspecified atom stereocenters. The largest absolute Gasteiger partial charge is 0.393 e. The van der Waals surface area contributed by atoms with Crippen molar-refractivity contribution in [3.63, 3.8) is 0 Å². The van der Waals surface area contributed by atoms with Gasteiger partial charge >= 0.3 is 0 Å². The topological polar surface area (TPSA) is 80.9 Å². The summed E-state index contributed by atoms with van der Waals surface area (Å²) in [5.74, 6) is 5.04. The van der Waals surface area contributed by atoms with Gasteiger partial charge in [0, 0.05) is 11.3 Å². The van der Waals surface area contributed by atoms with Crippen molar-refractivity contribution >= 4 is 0 Å². The first-order valence-electron chi connectivity index (χ1n) is 20.6. The summed E-state index contributed by atoms with van der Waals surface area (Å²) < 4.78 is 0. The van der Waals surface area contributed by atoms with Gasteiger partial charge in [-0.3, -0.25) is 0 Å². The first-order valence-corrected chi connectivity index (χ1v) is 20.6. The lowest BCUT2D eigenvalue weighted by Crippen LogP contribution is -2.70. The van der Waals surface area contributed by atoms with Gasteiger partial charge in [0.1, 0.15) is 0 Å². The van der Waals surface area contributed by atoms with Crippen LogP contribution in [0.3, 0.4) is 0 Å². The molecule has 0 aromatic rings. The SMILES string of the molecule is CC(C)C(CC1CCCCC1)C(O)CCC1CC(C(C)C)C2CC3(C)CC4(C)CC(C)C(C(C)O)C(O)C4(C)C(C)C3C(O)C2C1C. The molecule has 0 radical (unpaired) electrons. The first kappa shape index (κ1) is 38.1. The Kier molecular flexibility index (Phi) is 11.4. The van der Waals surface area contributed by atoms with Gasteiger partial charge in [0.2, 0.25) is 0 Å². The molecule has 5 saturated carbocycles. The molecule has 274 valence electrons. The lowest BCUT2D eigenvalue weighted by molar-refractivity contribution is -0.281. The maximum absolute atomic E-state index is 12.8. The Morgan fingerprint density at radius 2 is 1.49 bits per heavy atom. The van der Waals surface area contributed by atoms with Crippen LogP contribution in [0.25, 0.3) is 0 Å². The van der Waals surface area contributed by atoms with E-state index in [2.05, 4.69) is 69.2 Å². The molecule has 5 aliphatic rings. The average molecular weight is 659 g/mol. The fraction of sp³-hybridized carbons (Fsp3) is 1.00. The lowest BCUT2D eigenvalue weighted by Gasteiger charge is -2.72. The van der Waals surface area contributed by atoms with Gasteiger partial charge in [-0.2, -0.15) is 0 Å². The smallest absolute Gasteiger partial charge is 0.0656 e. The van der Waals surface area contributed by atoms with E-state index in [9.17, 15) is 20.4 Å². The normalized spacial score (nSPS) is 49.6. The molecule has 4 nitrogen and oxygen atoms in total. The van der Waals surface area contributed by atoms with Crippen molar-refractivity contribution in [2.24, 2.45) is 93.2 Å². The third-order valence-electron chi connectivity index (χ3n) is 17.2. The summed E-state index contributed by atoms with van der Waals surface area (Å²) in [5, 5.41) is 47.4. The highest BCUT2D eigenvalue weighted by atomic mass is 16.3. The van der Waals surface area contributed by atoms with Crippen LogP contribution in [0.2, 0.25) is 0 Å². The van der Waals surface area contributed by atoms with E-state index in [4.69, 9.17) is 0 Å². The van der Waals surface area contributed by atoms with Crippen molar-refractivity contribution in [3.05, 3.63) is 0 Å². The van der Waals surface area contributed by atoms with Crippen LogP contribution >= 0.6 is 0 Å². The molecule has 5 aliphatic carbocycles. The Bertz CT molecular complexity index is 1030. The van der Waals surface area contributed by atoms with Crippen molar-refractivity contribution in [1.29, 1.82) is 0 Å². The van der Waals surface area contributed by atoms with Gasteiger partial charge in [-0.1, -0.05) is 101 Å². The molecule has 0 bridgehead atoms. The van der Waals surface area contributed by atoms with Crippen LogP contribution in [0, 0.1) is 93.2 Å². The van der Waals surface area contributed by atoms with E-state index in [0.717, 1.165) is 31.6 Å². The second-order valence-electron chi connectivity index (χ2n) is 20.4. The third-order valence-corrected chi connectivity index (χ3v) is 17.2. The molecular weight excluding hydrogens is 580 g/mol. The zero-order valence-electron chi connectivity index (χ0n) is 32.6. The second-order valence-corrected chi connectivity index (χ2v) is 20.4. The molecule has 47 heavy (non-hydrogen) atoms. The highest BCUT2D eigenvalue weighted by molar-refractivity contribution is 5.19. The molecular formula is C43H78O4. The highest BCUT2D eigenvalue weighted by Gasteiger charge is 2.70. The molecule has 5 fully saturated rings. The maximum atomic E-state index is 12.8. The van der Waals surface area contributed by atoms with E-state index in [1.165, 1.54) is 51.4 Å². The van der Waals surface area contributed by atoms with Gasteiger partial charge in [0.25, 0.3) is 0 Å². The van der Waals surface area contributed by atoms with Crippen LogP contribution in [0.1, 0.15) is 153 Å². The highest BCUT2D eigenvalue weighted by Crippen LogP contribution is 2.73. The minimum atomic E-state index is -0.579. The molecule has 0 aliphatic heterocycles. The van der Waals surface area contributed by atoms with E-state index >= 15 is 0 Å². The molecule has 4 heteroatoms. The van der Waals surface area contributed by atoms with Crippen molar-refractivity contribution in [2.45, 2.75) is 178 Å². The number of aliphatic hydroxyl groups is 4. The number of hydrogen-bond donors (Lipinski definition) is 4. The zero-order valence-corrected chi connectivity index (χ0v) is 32.6. The van der Waals surface area contributed by atoms with E-state index in [1.54, 1.807) is 0 Å². The monoisotopic (exact) mass is 659 g/mol. The first-order chi connectivity index (χ1) is 21.9. The van der Waals surface area contributed by atoms with Crippen LogP contribution in [-0.2, 0) is 0 Å². The Morgan fingerprint density at radius 3 is 2.06 bits per heavy atom. The summed E-state index contributed by atoms with van der Waals surface area (Å²) in [6.45, 7) is 25.6. The lowest BCUT2D eigenvalue weighted by atomic mass is 9.33. The number of fused-ring (bicyclic) bond motifs is 3. The second kappa shape index (κ2) is 14.1. The minimum Gasteiger partial charge on any atom is -0.393 e. The van der Waals surface area contributed by atoms with Gasteiger partial charge in [-0.25, -0.2) is 0 Å². The van der Waals surface area contributed by atoms with Gasteiger partial charge in [0.15, 0.2) is 0 Å². The fourth-order valence-corrected chi connectivity index (χ4v) is 14.6. The summed E-state index contributed by atoms with van der Waals surface area (Å²) in [7, 11) is 0. The van der Waals surface area contributed by atoms with Crippen LogP contribution < -0.4 is 0 Å². The zero-order chi connectivity index (χ0) is 34.8. The molecule has 0 spiro atoms. The molecule has 0 saturated heterocycles. The van der Waals surface area contributed by atoms with Crippen molar-refractivity contribution in [3.8, 4) is 0 Å². The van der Waals surface area contributed by atoms with Gasteiger partial charge < -0.3 is 20.4 Å².